The van der Waals surface area contributed by atoms with Gasteiger partial charge in [-0.3, -0.25) is 0 Å². The van der Waals surface area contributed by atoms with Crippen molar-refractivity contribution in [1.82, 2.24) is 5.32 Å². The van der Waals surface area contributed by atoms with E-state index in [9.17, 15) is 0 Å². The van der Waals surface area contributed by atoms with Crippen molar-refractivity contribution < 1.29 is 0 Å². The lowest BCUT2D eigenvalue weighted by molar-refractivity contribution is 0.976. The molecule has 0 aliphatic rings. The number of allylic oxidation sites excluding steroid dienone is 6. The van der Waals surface area contributed by atoms with Crippen molar-refractivity contribution in [3.63, 3.8) is 0 Å². The largest absolute Gasteiger partial charge is 0.388 e. The second-order valence-electron chi connectivity index (χ2n) is 4.73. The maximum atomic E-state index is 4.04. The van der Waals surface area contributed by atoms with E-state index in [1.54, 1.807) is 0 Å². The van der Waals surface area contributed by atoms with Crippen molar-refractivity contribution in [2.24, 2.45) is 0 Å². The first-order valence-corrected chi connectivity index (χ1v) is 6.24. The quantitative estimate of drug-likeness (QED) is 0.676. The average molecular weight is 233 g/mol. The summed E-state index contributed by atoms with van der Waals surface area (Å²) >= 11 is 0. The molecule has 96 valence electrons. The molecule has 0 saturated carbocycles. The van der Waals surface area contributed by atoms with Crippen LogP contribution in [0.15, 0.2) is 46.2 Å². The van der Waals surface area contributed by atoms with Gasteiger partial charge in [0.15, 0.2) is 0 Å². The lowest BCUT2D eigenvalue weighted by atomic mass is 9.98. The minimum Gasteiger partial charge on any atom is -0.388 e. The summed E-state index contributed by atoms with van der Waals surface area (Å²) in [6, 6.07) is 0. The maximum Gasteiger partial charge on any atom is 0.0369 e. The molecule has 0 aromatic heterocycles. The van der Waals surface area contributed by atoms with Crippen LogP contribution in [0.1, 0.15) is 48.0 Å². The van der Waals surface area contributed by atoms with Gasteiger partial charge in [-0.25, -0.2) is 0 Å². The topological polar surface area (TPSA) is 12.0 Å². The molecule has 0 amide bonds. The summed E-state index contributed by atoms with van der Waals surface area (Å²) in [4.78, 5) is 0. The molecule has 0 rings (SSSR count). The summed E-state index contributed by atoms with van der Waals surface area (Å²) in [7, 11) is 1.97. The van der Waals surface area contributed by atoms with Gasteiger partial charge < -0.3 is 5.32 Å². The highest BCUT2D eigenvalue weighted by Gasteiger charge is 2.03. The monoisotopic (exact) mass is 233 g/mol. The van der Waals surface area contributed by atoms with Crippen molar-refractivity contribution >= 4 is 0 Å². The van der Waals surface area contributed by atoms with Gasteiger partial charge in [0.25, 0.3) is 0 Å². The zero-order valence-electron chi connectivity index (χ0n) is 12.5. The zero-order chi connectivity index (χ0) is 13.6. The zero-order valence-corrected chi connectivity index (χ0v) is 12.5. The van der Waals surface area contributed by atoms with Gasteiger partial charge in [-0.05, 0) is 63.8 Å². The van der Waals surface area contributed by atoms with Crippen molar-refractivity contribution in [2.75, 3.05) is 7.05 Å². The van der Waals surface area contributed by atoms with Gasteiger partial charge in [-0.1, -0.05) is 24.6 Å². The lowest BCUT2D eigenvalue weighted by Crippen LogP contribution is -2.08. The molecule has 17 heavy (non-hydrogen) atoms. The third-order valence-electron chi connectivity index (χ3n) is 3.13. The average Bonchev–Trinajstić information content (AvgIpc) is 2.25. The van der Waals surface area contributed by atoms with E-state index in [-0.39, 0.29) is 0 Å². The van der Waals surface area contributed by atoms with Gasteiger partial charge in [-0.15, -0.1) is 0 Å². The molecule has 0 bridgehead atoms. The van der Waals surface area contributed by atoms with Gasteiger partial charge in [0.05, 0.1) is 0 Å². The van der Waals surface area contributed by atoms with Gasteiger partial charge >= 0.3 is 0 Å². The van der Waals surface area contributed by atoms with E-state index >= 15 is 0 Å². The molecule has 0 unspecified atom stereocenters. The second kappa shape index (κ2) is 7.16. The maximum absolute atomic E-state index is 4.04. The number of hydrogen-bond donors (Lipinski definition) is 1. The molecule has 0 atom stereocenters. The molecule has 0 aliphatic carbocycles. The highest BCUT2D eigenvalue weighted by atomic mass is 14.8. The molecule has 0 aromatic carbocycles. The summed E-state index contributed by atoms with van der Waals surface area (Å²) in [6.07, 6.45) is 3.25. The fraction of sp³-hybridized carbons (Fsp3) is 0.500. The Morgan fingerprint density at radius 2 is 1.65 bits per heavy atom. The predicted molar refractivity (Wildman–Crippen MR) is 79.0 cm³/mol. The van der Waals surface area contributed by atoms with Crippen LogP contribution in [0.3, 0.4) is 0 Å². The van der Waals surface area contributed by atoms with Crippen molar-refractivity contribution in [3.05, 3.63) is 46.2 Å². The Hall–Kier alpha value is -1.24. The molecule has 0 spiro atoms. The molecule has 0 saturated heterocycles. The first-order chi connectivity index (χ1) is 7.84. The molecule has 0 aliphatic heterocycles. The second-order valence-corrected chi connectivity index (χ2v) is 4.73. The Morgan fingerprint density at radius 3 is 1.94 bits per heavy atom. The Bertz CT molecular complexity index is 374. The smallest absolute Gasteiger partial charge is 0.0369 e. The number of likely N-dealkylation sites (N-methyl/N-ethyl adjacent to an activating group) is 1. The van der Waals surface area contributed by atoms with Crippen molar-refractivity contribution in [1.29, 1.82) is 0 Å². The SMILES string of the molecule is C=C(C)/C(CC)=C(C)/C=C(\NC)C(C)=C(C)C. The van der Waals surface area contributed by atoms with E-state index in [1.165, 1.54) is 28.0 Å². The summed E-state index contributed by atoms with van der Waals surface area (Å²) in [5.74, 6) is 0. The first-order valence-electron chi connectivity index (χ1n) is 6.24. The standard InChI is InChI=1S/C16H27N/c1-9-15(12(4)5)13(6)10-16(17-8)14(7)11(2)3/h10,17H,4,9H2,1-3,5-8H3/b15-13+,16-10-. The molecule has 1 heteroatoms. The van der Waals surface area contributed by atoms with E-state index < -0.39 is 0 Å². The number of nitrogens with one attached hydrogen (secondary N) is 1. The molecule has 0 fully saturated rings. The van der Waals surface area contributed by atoms with Crippen LogP contribution in [-0.4, -0.2) is 7.05 Å². The molecular weight excluding hydrogens is 206 g/mol. The summed E-state index contributed by atoms with van der Waals surface area (Å²) in [5.41, 5.74) is 7.64. The molecule has 1 nitrogen and oxygen atoms in total. The molecule has 1 N–H and O–H groups in total. The van der Waals surface area contributed by atoms with Crippen LogP contribution in [0.2, 0.25) is 0 Å². The fourth-order valence-electron chi connectivity index (χ4n) is 1.86. The van der Waals surface area contributed by atoms with E-state index in [2.05, 4.69) is 59.5 Å². The van der Waals surface area contributed by atoms with Crippen molar-refractivity contribution in [2.45, 2.75) is 48.0 Å². The normalized spacial score (nSPS) is 13.0. The summed E-state index contributed by atoms with van der Waals surface area (Å²) < 4.78 is 0. The molecule has 0 heterocycles. The minimum absolute atomic E-state index is 1.03. The lowest BCUT2D eigenvalue weighted by Gasteiger charge is -2.12. The predicted octanol–water partition coefficient (Wildman–Crippen LogP) is 4.75. The molecule has 0 aromatic rings. The fourth-order valence-corrected chi connectivity index (χ4v) is 1.86. The van der Waals surface area contributed by atoms with Crippen LogP contribution in [-0.2, 0) is 0 Å². The number of hydrogen-bond acceptors (Lipinski definition) is 1. The Balaban J connectivity index is 5.51. The van der Waals surface area contributed by atoms with Crippen LogP contribution >= 0.6 is 0 Å². The molecular formula is C16H27N. The summed E-state index contributed by atoms with van der Waals surface area (Å²) in [6.45, 7) is 16.9. The van der Waals surface area contributed by atoms with E-state index in [0.29, 0.717) is 0 Å². The van der Waals surface area contributed by atoms with Crippen LogP contribution in [0.4, 0.5) is 0 Å². The minimum atomic E-state index is 1.03. The van der Waals surface area contributed by atoms with E-state index in [4.69, 9.17) is 0 Å². The first kappa shape index (κ1) is 15.8. The van der Waals surface area contributed by atoms with Gasteiger partial charge in [0.2, 0.25) is 0 Å². The van der Waals surface area contributed by atoms with Crippen LogP contribution in [0.25, 0.3) is 0 Å². The third-order valence-corrected chi connectivity index (χ3v) is 3.13. The van der Waals surface area contributed by atoms with Gasteiger partial charge in [0.1, 0.15) is 0 Å². The summed E-state index contributed by atoms with van der Waals surface area (Å²) in [5, 5.41) is 3.27. The van der Waals surface area contributed by atoms with E-state index in [0.717, 1.165) is 12.0 Å². The Morgan fingerprint density at radius 1 is 1.12 bits per heavy atom. The third kappa shape index (κ3) is 4.64. The van der Waals surface area contributed by atoms with Crippen LogP contribution in [0.5, 0.6) is 0 Å². The number of rotatable bonds is 5. The van der Waals surface area contributed by atoms with Crippen LogP contribution < -0.4 is 5.32 Å². The van der Waals surface area contributed by atoms with Gasteiger partial charge in [-0.2, -0.15) is 0 Å². The Labute approximate surface area is 107 Å². The highest BCUT2D eigenvalue weighted by Crippen LogP contribution is 2.20. The van der Waals surface area contributed by atoms with E-state index in [1.807, 2.05) is 7.05 Å². The van der Waals surface area contributed by atoms with Crippen molar-refractivity contribution in [3.8, 4) is 0 Å². The molecule has 0 radical (unpaired) electrons. The van der Waals surface area contributed by atoms with Crippen LogP contribution in [0, 0.1) is 0 Å². The highest BCUT2D eigenvalue weighted by molar-refractivity contribution is 5.42. The van der Waals surface area contributed by atoms with Gasteiger partial charge in [0, 0.05) is 12.7 Å². The Kier molecular flexibility index (Phi) is 6.64.